The molecule has 138 valence electrons. The zero-order valence-electron chi connectivity index (χ0n) is 14.6. The molecule has 1 fully saturated rings. The quantitative estimate of drug-likeness (QED) is 0.672. The second-order valence-corrected chi connectivity index (χ2v) is 7.42. The maximum Gasteiger partial charge on any atom is 0.171 e. The SMILES string of the molecule is N=CC(=CN)c1ccc2sc(-c3ccc(N4CCC[C@H](F)C4)nc3)nc2n1. The van der Waals surface area contributed by atoms with E-state index in [9.17, 15) is 4.39 Å². The van der Waals surface area contributed by atoms with Gasteiger partial charge in [-0.15, -0.1) is 11.3 Å². The summed E-state index contributed by atoms with van der Waals surface area (Å²) in [4.78, 5) is 15.6. The zero-order chi connectivity index (χ0) is 18.8. The molecule has 0 spiro atoms. The summed E-state index contributed by atoms with van der Waals surface area (Å²) in [6.07, 6.45) is 5.02. The van der Waals surface area contributed by atoms with Crippen molar-refractivity contribution >= 4 is 39.3 Å². The van der Waals surface area contributed by atoms with Gasteiger partial charge in [-0.1, -0.05) is 0 Å². The molecule has 3 aromatic rings. The van der Waals surface area contributed by atoms with Crippen LogP contribution in [0.25, 0.3) is 26.5 Å². The number of rotatable bonds is 4. The first-order valence-corrected chi connectivity index (χ1v) is 9.55. The summed E-state index contributed by atoms with van der Waals surface area (Å²) in [5.74, 6) is 0.798. The number of piperidine rings is 1. The lowest BCUT2D eigenvalue weighted by Crippen LogP contribution is -2.36. The van der Waals surface area contributed by atoms with Crippen molar-refractivity contribution in [3.63, 3.8) is 0 Å². The second-order valence-electron chi connectivity index (χ2n) is 6.39. The lowest BCUT2D eigenvalue weighted by molar-refractivity contribution is 0.286. The number of fused-ring (bicyclic) bond motifs is 1. The van der Waals surface area contributed by atoms with Gasteiger partial charge in [-0.25, -0.2) is 19.3 Å². The molecule has 6 nitrogen and oxygen atoms in total. The van der Waals surface area contributed by atoms with E-state index in [2.05, 4.69) is 15.0 Å². The Hall–Kier alpha value is -2.87. The molecule has 4 heterocycles. The third kappa shape index (κ3) is 3.52. The third-order valence-corrected chi connectivity index (χ3v) is 5.63. The van der Waals surface area contributed by atoms with Crippen LogP contribution in [0.1, 0.15) is 18.5 Å². The number of halogens is 1. The van der Waals surface area contributed by atoms with Gasteiger partial charge in [-0.3, -0.25) is 0 Å². The van der Waals surface area contributed by atoms with E-state index in [0.717, 1.165) is 34.1 Å². The molecule has 0 aliphatic carbocycles. The highest BCUT2D eigenvalue weighted by Crippen LogP contribution is 2.30. The summed E-state index contributed by atoms with van der Waals surface area (Å²) in [6.45, 7) is 1.24. The summed E-state index contributed by atoms with van der Waals surface area (Å²) >= 11 is 1.53. The molecule has 1 atom stereocenters. The molecule has 0 amide bonds. The molecule has 0 saturated carbocycles. The zero-order valence-corrected chi connectivity index (χ0v) is 15.4. The number of aromatic nitrogens is 3. The highest BCUT2D eigenvalue weighted by Gasteiger charge is 2.20. The minimum atomic E-state index is -0.779. The Labute approximate surface area is 160 Å². The van der Waals surface area contributed by atoms with Crippen LogP contribution in [-0.2, 0) is 0 Å². The molecule has 1 aliphatic heterocycles. The Kier molecular flexibility index (Phi) is 4.81. The Morgan fingerprint density at radius 2 is 2.19 bits per heavy atom. The van der Waals surface area contributed by atoms with E-state index in [1.165, 1.54) is 23.8 Å². The highest BCUT2D eigenvalue weighted by atomic mass is 32.1. The Balaban J connectivity index is 1.61. The van der Waals surface area contributed by atoms with Crippen LogP contribution in [0.4, 0.5) is 10.2 Å². The van der Waals surface area contributed by atoms with Crippen molar-refractivity contribution in [1.29, 1.82) is 5.41 Å². The fourth-order valence-corrected chi connectivity index (χ4v) is 4.04. The molecule has 27 heavy (non-hydrogen) atoms. The predicted molar refractivity (Wildman–Crippen MR) is 108 cm³/mol. The number of anilines is 1. The van der Waals surface area contributed by atoms with Gasteiger partial charge in [0.1, 0.15) is 17.0 Å². The van der Waals surface area contributed by atoms with Crippen molar-refractivity contribution in [3.8, 4) is 10.6 Å². The standard InChI is InChI=1S/C19H19FN6S/c20-14-2-1-7-26(11-14)17-6-3-12(10-23-17)19-25-18-16(27-19)5-4-15(24-18)13(8-21)9-22/h3-6,8-10,14,21H,1-2,7,11,22H2/t14-/m0/s1. The van der Waals surface area contributed by atoms with E-state index >= 15 is 0 Å². The van der Waals surface area contributed by atoms with Gasteiger partial charge in [0, 0.05) is 36.3 Å². The number of nitrogens with zero attached hydrogens (tertiary/aromatic N) is 4. The van der Waals surface area contributed by atoms with Crippen molar-refractivity contribution < 1.29 is 4.39 Å². The number of hydrogen-bond donors (Lipinski definition) is 2. The molecule has 0 bridgehead atoms. The fraction of sp³-hybridized carbons (Fsp3) is 0.263. The summed E-state index contributed by atoms with van der Waals surface area (Å²) in [5, 5.41) is 8.22. The first-order chi connectivity index (χ1) is 13.2. The Morgan fingerprint density at radius 1 is 1.30 bits per heavy atom. The fourth-order valence-electron chi connectivity index (χ4n) is 3.14. The summed E-state index contributed by atoms with van der Waals surface area (Å²) in [7, 11) is 0. The normalized spacial score (nSPS) is 18.0. The molecule has 1 saturated heterocycles. The van der Waals surface area contributed by atoms with Gasteiger partial charge in [-0.05, 0) is 37.1 Å². The molecule has 0 unspecified atom stereocenters. The maximum absolute atomic E-state index is 13.6. The summed E-state index contributed by atoms with van der Waals surface area (Å²) < 4.78 is 14.6. The van der Waals surface area contributed by atoms with E-state index in [-0.39, 0.29) is 0 Å². The summed E-state index contributed by atoms with van der Waals surface area (Å²) in [5.41, 5.74) is 8.22. The van der Waals surface area contributed by atoms with Crippen molar-refractivity contribution in [1.82, 2.24) is 15.0 Å². The van der Waals surface area contributed by atoms with Crippen LogP contribution in [0, 0.1) is 5.41 Å². The van der Waals surface area contributed by atoms with Crippen LogP contribution in [0.2, 0.25) is 0 Å². The van der Waals surface area contributed by atoms with Crippen molar-refractivity contribution in [2.24, 2.45) is 5.73 Å². The molecular weight excluding hydrogens is 363 g/mol. The van der Waals surface area contributed by atoms with Gasteiger partial charge in [0.15, 0.2) is 5.65 Å². The number of alkyl halides is 1. The molecule has 1 aliphatic rings. The number of thiazole rings is 1. The van der Waals surface area contributed by atoms with Gasteiger partial charge < -0.3 is 16.0 Å². The first-order valence-electron chi connectivity index (χ1n) is 8.73. The van der Waals surface area contributed by atoms with Crippen LogP contribution < -0.4 is 10.6 Å². The molecular formula is C19H19FN6S. The Morgan fingerprint density at radius 3 is 2.89 bits per heavy atom. The molecule has 0 radical (unpaired) electrons. The van der Waals surface area contributed by atoms with Crippen LogP contribution >= 0.6 is 11.3 Å². The topological polar surface area (TPSA) is 91.8 Å². The van der Waals surface area contributed by atoms with Crippen LogP contribution in [0.5, 0.6) is 0 Å². The van der Waals surface area contributed by atoms with Gasteiger partial charge in [0.2, 0.25) is 0 Å². The predicted octanol–water partition coefficient (Wildman–Crippen LogP) is 3.64. The second kappa shape index (κ2) is 7.40. The minimum absolute atomic E-state index is 0.407. The van der Waals surface area contributed by atoms with Crippen molar-refractivity contribution in [2.75, 3.05) is 18.0 Å². The lowest BCUT2D eigenvalue weighted by atomic mass is 10.1. The summed E-state index contributed by atoms with van der Waals surface area (Å²) in [6, 6.07) is 7.65. The molecule has 3 aromatic heterocycles. The number of allylic oxidation sites excluding steroid dienone is 1. The average molecular weight is 382 g/mol. The molecule has 3 N–H and O–H groups in total. The monoisotopic (exact) mass is 382 g/mol. The smallest absolute Gasteiger partial charge is 0.171 e. The van der Waals surface area contributed by atoms with Crippen molar-refractivity contribution in [3.05, 3.63) is 42.4 Å². The minimum Gasteiger partial charge on any atom is -0.404 e. The number of hydrogen-bond acceptors (Lipinski definition) is 7. The van der Waals surface area contributed by atoms with E-state index in [1.807, 2.05) is 29.2 Å². The van der Waals surface area contributed by atoms with Crippen LogP contribution in [0.3, 0.4) is 0 Å². The Bertz CT molecular complexity index is 997. The van der Waals surface area contributed by atoms with E-state index in [0.29, 0.717) is 29.9 Å². The van der Waals surface area contributed by atoms with Gasteiger partial charge in [-0.2, -0.15) is 0 Å². The van der Waals surface area contributed by atoms with Gasteiger partial charge in [0.25, 0.3) is 0 Å². The highest BCUT2D eigenvalue weighted by molar-refractivity contribution is 7.21. The van der Waals surface area contributed by atoms with E-state index in [4.69, 9.17) is 11.1 Å². The van der Waals surface area contributed by atoms with Crippen LogP contribution in [0.15, 0.2) is 36.7 Å². The molecule has 4 rings (SSSR count). The van der Waals surface area contributed by atoms with E-state index in [1.54, 1.807) is 6.20 Å². The number of pyridine rings is 2. The molecule has 0 aromatic carbocycles. The van der Waals surface area contributed by atoms with E-state index < -0.39 is 6.17 Å². The van der Waals surface area contributed by atoms with Crippen LogP contribution in [-0.4, -0.2) is 40.4 Å². The number of nitrogens with one attached hydrogen (secondary N) is 1. The lowest BCUT2D eigenvalue weighted by Gasteiger charge is -2.29. The largest absolute Gasteiger partial charge is 0.404 e. The third-order valence-electron chi connectivity index (χ3n) is 4.57. The van der Waals surface area contributed by atoms with Crippen molar-refractivity contribution in [2.45, 2.75) is 19.0 Å². The number of nitrogens with two attached hydrogens (primary N) is 1. The van der Waals surface area contributed by atoms with Gasteiger partial charge >= 0.3 is 0 Å². The first kappa shape index (κ1) is 17.5. The van der Waals surface area contributed by atoms with Gasteiger partial charge in [0.05, 0.1) is 16.9 Å². The average Bonchev–Trinajstić information content (AvgIpc) is 3.13. The maximum atomic E-state index is 13.6. The molecule has 8 heteroatoms.